The Bertz CT molecular complexity index is 422. The first kappa shape index (κ1) is 12.8. The fourth-order valence-corrected chi connectivity index (χ4v) is 2.11. The van der Waals surface area contributed by atoms with Crippen LogP contribution in [0, 0.1) is 0 Å². The fourth-order valence-electron chi connectivity index (χ4n) is 2.11. The number of rotatable bonds is 3. The molecule has 2 heterocycles. The molecule has 0 bridgehead atoms. The van der Waals surface area contributed by atoms with Crippen LogP contribution in [-0.2, 0) is 4.74 Å². The van der Waals surface area contributed by atoms with Crippen molar-refractivity contribution in [1.82, 2.24) is 10.3 Å². The third kappa shape index (κ3) is 3.20. The van der Waals surface area contributed by atoms with Crippen molar-refractivity contribution in [2.24, 2.45) is 0 Å². The van der Waals surface area contributed by atoms with Crippen LogP contribution in [0.25, 0.3) is 0 Å². The summed E-state index contributed by atoms with van der Waals surface area (Å²) >= 11 is 0. The molecule has 0 saturated carbocycles. The summed E-state index contributed by atoms with van der Waals surface area (Å²) in [5.74, 6) is 0.649. The van der Waals surface area contributed by atoms with Gasteiger partial charge in [-0.15, -0.1) is 0 Å². The molecular weight excluding hydrogens is 230 g/mol. The van der Waals surface area contributed by atoms with E-state index < -0.39 is 0 Å². The van der Waals surface area contributed by atoms with Crippen LogP contribution in [0.15, 0.2) is 18.3 Å². The van der Waals surface area contributed by atoms with Crippen LogP contribution < -0.4 is 10.6 Å². The van der Waals surface area contributed by atoms with Crippen LogP contribution in [-0.4, -0.2) is 36.7 Å². The summed E-state index contributed by atoms with van der Waals surface area (Å²) < 4.78 is 5.46. The van der Waals surface area contributed by atoms with E-state index in [4.69, 9.17) is 4.74 Å². The van der Waals surface area contributed by atoms with Gasteiger partial charge < -0.3 is 15.4 Å². The number of nitrogens with one attached hydrogen (secondary N) is 2. The third-order valence-corrected chi connectivity index (χ3v) is 3.10. The maximum atomic E-state index is 12.1. The average molecular weight is 249 g/mol. The molecule has 0 radical (unpaired) electrons. The topological polar surface area (TPSA) is 63.2 Å². The maximum Gasteiger partial charge on any atom is 0.251 e. The lowest BCUT2D eigenvalue weighted by Gasteiger charge is -2.27. The number of carbonyl (C=O) groups is 1. The van der Waals surface area contributed by atoms with E-state index in [0.717, 1.165) is 12.8 Å². The van der Waals surface area contributed by atoms with Gasteiger partial charge >= 0.3 is 0 Å². The van der Waals surface area contributed by atoms with E-state index in [0.29, 0.717) is 18.0 Å². The van der Waals surface area contributed by atoms with Crippen molar-refractivity contribution in [2.45, 2.75) is 31.9 Å². The molecule has 98 valence electrons. The lowest BCUT2D eigenvalue weighted by Crippen LogP contribution is -2.41. The Balaban J connectivity index is 1.98. The predicted molar refractivity (Wildman–Crippen MR) is 69.7 cm³/mol. The largest absolute Gasteiger partial charge is 0.378 e. The first-order valence-electron chi connectivity index (χ1n) is 6.25. The van der Waals surface area contributed by atoms with E-state index in [1.54, 1.807) is 25.4 Å². The second-order valence-electron chi connectivity index (χ2n) is 4.56. The summed E-state index contributed by atoms with van der Waals surface area (Å²) in [6, 6.07) is 3.67. The normalized spacial score (nSPS) is 23.4. The van der Waals surface area contributed by atoms with E-state index in [1.165, 1.54) is 0 Å². The number of amides is 1. The van der Waals surface area contributed by atoms with E-state index in [1.807, 2.05) is 6.92 Å². The Morgan fingerprint density at radius 3 is 3.11 bits per heavy atom. The Hall–Kier alpha value is -1.62. The van der Waals surface area contributed by atoms with E-state index in [-0.39, 0.29) is 18.1 Å². The SMILES string of the molecule is CNc1cc(C(=O)NC2CCOC(C)C2)ccn1. The molecule has 2 atom stereocenters. The van der Waals surface area contributed by atoms with Crippen molar-refractivity contribution in [3.05, 3.63) is 23.9 Å². The lowest BCUT2D eigenvalue weighted by molar-refractivity contribution is 0.0136. The van der Waals surface area contributed by atoms with Gasteiger partial charge in [0.2, 0.25) is 0 Å². The second-order valence-corrected chi connectivity index (χ2v) is 4.56. The van der Waals surface area contributed by atoms with E-state index >= 15 is 0 Å². The number of anilines is 1. The summed E-state index contributed by atoms with van der Waals surface area (Å²) in [7, 11) is 1.78. The van der Waals surface area contributed by atoms with Crippen LogP contribution in [0.5, 0.6) is 0 Å². The number of nitrogens with zero attached hydrogens (tertiary/aromatic N) is 1. The first-order valence-corrected chi connectivity index (χ1v) is 6.25. The molecule has 1 fully saturated rings. The highest BCUT2D eigenvalue weighted by atomic mass is 16.5. The zero-order valence-electron chi connectivity index (χ0n) is 10.8. The highest BCUT2D eigenvalue weighted by molar-refractivity contribution is 5.94. The van der Waals surface area contributed by atoms with Gasteiger partial charge in [0.05, 0.1) is 6.10 Å². The summed E-state index contributed by atoms with van der Waals surface area (Å²) in [6.45, 7) is 2.74. The molecule has 1 saturated heterocycles. The monoisotopic (exact) mass is 249 g/mol. The van der Waals surface area contributed by atoms with E-state index in [2.05, 4.69) is 15.6 Å². The van der Waals surface area contributed by atoms with Gasteiger partial charge in [-0.1, -0.05) is 0 Å². The summed E-state index contributed by atoms with van der Waals surface area (Å²) in [6.07, 6.45) is 3.60. The maximum absolute atomic E-state index is 12.1. The van der Waals surface area contributed by atoms with Crippen molar-refractivity contribution < 1.29 is 9.53 Å². The average Bonchev–Trinajstić information content (AvgIpc) is 2.39. The van der Waals surface area contributed by atoms with Crippen molar-refractivity contribution >= 4 is 11.7 Å². The number of pyridine rings is 1. The number of carbonyl (C=O) groups excluding carboxylic acids is 1. The quantitative estimate of drug-likeness (QED) is 0.850. The van der Waals surface area contributed by atoms with Gasteiger partial charge in [0.15, 0.2) is 0 Å². The summed E-state index contributed by atoms with van der Waals surface area (Å²) in [5, 5.41) is 5.96. The molecule has 2 rings (SSSR count). The second kappa shape index (κ2) is 5.82. The van der Waals surface area contributed by atoms with Gasteiger partial charge in [-0.05, 0) is 31.9 Å². The molecule has 1 aromatic rings. The van der Waals surface area contributed by atoms with Crippen molar-refractivity contribution in [2.75, 3.05) is 19.0 Å². The molecule has 2 unspecified atom stereocenters. The summed E-state index contributed by atoms with van der Waals surface area (Å²) in [5.41, 5.74) is 0.633. The van der Waals surface area contributed by atoms with Crippen LogP contribution in [0.2, 0.25) is 0 Å². The van der Waals surface area contributed by atoms with Gasteiger partial charge in [-0.25, -0.2) is 4.98 Å². The smallest absolute Gasteiger partial charge is 0.251 e. The minimum absolute atomic E-state index is 0.0481. The molecule has 2 N–H and O–H groups in total. The lowest BCUT2D eigenvalue weighted by atomic mass is 10.0. The molecule has 1 aromatic heterocycles. The van der Waals surface area contributed by atoms with Crippen molar-refractivity contribution in [1.29, 1.82) is 0 Å². The van der Waals surface area contributed by atoms with Crippen molar-refractivity contribution in [3.63, 3.8) is 0 Å². The van der Waals surface area contributed by atoms with Gasteiger partial charge in [-0.3, -0.25) is 4.79 Å². The van der Waals surface area contributed by atoms with Crippen LogP contribution in [0.3, 0.4) is 0 Å². The molecule has 1 aliphatic rings. The summed E-state index contributed by atoms with van der Waals surface area (Å²) in [4.78, 5) is 16.2. The van der Waals surface area contributed by atoms with Gasteiger partial charge in [0, 0.05) is 31.5 Å². The Labute approximate surface area is 107 Å². The molecule has 1 amide bonds. The zero-order valence-corrected chi connectivity index (χ0v) is 10.8. The number of hydrogen-bond acceptors (Lipinski definition) is 4. The number of aromatic nitrogens is 1. The van der Waals surface area contributed by atoms with Gasteiger partial charge in [-0.2, -0.15) is 0 Å². The Morgan fingerprint density at radius 2 is 2.39 bits per heavy atom. The molecule has 5 heteroatoms. The van der Waals surface area contributed by atoms with E-state index in [9.17, 15) is 4.79 Å². The van der Waals surface area contributed by atoms with Gasteiger partial charge in [0.1, 0.15) is 5.82 Å². The standard InChI is InChI=1S/C13H19N3O2/c1-9-7-11(4-6-18-9)16-13(17)10-3-5-15-12(8-10)14-2/h3,5,8-9,11H,4,6-7H2,1-2H3,(H,14,15)(H,16,17). The Kier molecular flexibility index (Phi) is 4.15. The Morgan fingerprint density at radius 1 is 1.56 bits per heavy atom. The fraction of sp³-hybridized carbons (Fsp3) is 0.538. The molecule has 0 aliphatic carbocycles. The molecular formula is C13H19N3O2. The van der Waals surface area contributed by atoms with Gasteiger partial charge in [0.25, 0.3) is 5.91 Å². The highest BCUT2D eigenvalue weighted by Crippen LogP contribution is 2.14. The highest BCUT2D eigenvalue weighted by Gasteiger charge is 2.21. The minimum Gasteiger partial charge on any atom is -0.378 e. The van der Waals surface area contributed by atoms with Crippen molar-refractivity contribution in [3.8, 4) is 0 Å². The first-order chi connectivity index (χ1) is 8.69. The zero-order chi connectivity index (χ0) is 13.0. The number of hydrogen-bond donors (Lipinski definition) is 2. The van der Waals surface area contributed by atoms with Crippen LogP contribution >= 0.6 is 0 Å². The molecule has 0 aromatic carbocycles. The molecule has 18 heavy (non-hydrogen) atoms. The molecule has 1 aliphatic heterocycles. The number of ether oxygens (including phenoxy) is 1. The van der Waals surface area contributed by atoms with Crippen LogP contribution in [0.4, 0.5) is 5.82 Å². The molecule has 0 spiro atoms. The van der Waals surface area contributed by atoms with Crippen LogP contribution in [0.1, 0.15) is 30.1 Å². The third-order valence-electron chi connectivity index (χ3n) is 3.10. The minimum atomic E-state index is -0.0481. The predicted octanol–water partition coefficient (Wildman–Crippen LogP) is 1.42. The molecule has 5 nitrogen and oxygen atoms in total.